The molecule has 3 heterocycles. The van der Waals surface area contributed by atoms with Gasteiger partial charge in [-0.1, -0.05) is 18.2 Å². The van der Waals surface area contributed by atoms with Crippen LogP contribution in [0.25, 0.3) is 10.9 Å². The Morgan fingerprint density at radius 3 is 2.24 bits per heavy atom. The second-order valence-electron chi connectivity index (χ2n) is 5.77. The molecule has 4 rings (SSSR count). The van der Waals surface area contributed by atoms with Crippen LogP contribution in [0.15, 0.2) is 59.9 Å². The van der Waals surface area contributed by atoms with Gasteiger partial charge in [-0.25, -0.2) is 18.4 Å². The minimum Gasteiger partial charge on any atom is -0.338 e. The van der Waals surface area contributed by atoms with Gasteiger partial charge in [0.1, 0.15) is 4.90 Å². The fraction of sp³-hybridized carbons (Fsp3) is 0.235. The summed E-state index contributed by atoms with van der Waals surface area (Å²) < 4.78 is 27.7. The van der Waals surface area contributed by atoms with Crippen molar-refractivity contribution in [3.8, 4) is 0 Å². The Morgan fingerprint density at radius 1 is 0.800 bits per heavy atom. The van der Waals surface area contributed by atoms with Crippen LogP contribution in [0.2, 0.25) is 0 Å². The van der Waals surface area contributed by atoms with E-state index in [1.165, 1.54) is 4.31 Å². The molecule has 0 amide bonds. The molecule has 0 saturated carbocycles. The molecule has 0 radical (unpaired) electrons. The van der Waals surface area contributed by atoms with Gasteiger partial charge >= 0.3 is 0 Å². The Balaban J connectivity index is 1.60. The summed E-state index contributed by atoms with van der Waals surface area (Å²) in [6.07, 6.45) is 4.99. The molecule has 8 heteroatoms. The molecule has 1 fully saturated rings. The molecule has 0 atom stereocenters. The summed E-state index contributed by atoms with van der Waals surface area (Å²) in [6.45, 7) is 1.90. The lowest BCUT2D eigenvalue weighted by molar-refractivity contribution is 0.383. The maximum Gasteiger partial charge on any atom is 0.245 e. The topological polar surface area (TPSA) is 79.3 Å². The van der Waals surface area contributed by atoms with Gasteiger partial charge in [-0.05, 0) is 18.2 Å². The lowest BCUT2D eigenvalue weighted by atomic mass is 10.2. The van der Waals surface area contributed by atoms with E-state index >= 15 is 0 Å². The summed E-state index contributed by atoms with van der Waals surface area (Å²) in [5.41, 5.74) is 0.513. The van der Waals surface area contributed by atoms with E-state index in [-0.39, 0.29) is 4.90 Å². The summed E-state index contributed by atoms with van der Waals surface area (Å²) in [4.78, 5) is 15.0. The van der Waals surface area contributed by atoms with E-state index in [1.807, 2.05) is 17.0 Å². The number of nitrogens with zero attached hydrogens (tertiary/aromatic N) is 5. The van der Waals surface area contributed by atoms with Gasteiger partial charge in [0.25, 0.3) is 0 Å². The molecule has 2 aromatic heterocycles. The molecule has 1 saturated heterocycles. The van der Waals surface area contributed by atoms with Crippen molar-refractivity contribution in [1.29, 1.82) is 0 Å². The number of hydrogen-bond acceptors (Lipinski definition) is 6. The van der Waals surface area contributed by atoms with Crippen molar-refractivity contribution < 1.29 is 8.42 Å². The van der Waals surface area contributed by atoms with Crippen molar-refractivity contribution in [2.24, 2.45) is 0 Å². The fourth-order valence-electron chi connectivity index (χ4n) is 3.01. The Bertz CT molecular complexity index is 981. The zero-order chi connectivity index (χ0) is 17.3. The zero-order valence-electron chi connectivity index (χ0n) is 13.5. The van der Waals surface area contributed by atoms with Gasteiger partial charge in [-0.3, -0.25) is 4.98 Å². The van der Waals surface area contributed by atoms with E-state index in [0.29, 0.717) is 37.6 Å². The third kappa shape index (κ3) is 2.94. The highest BCUT2D eigenvalue weighted by Gasteiger charge is 2.30. The van der Waals surface area contributed by atoms with Crippen molar-refractivity contribution >= 4 is 26.9 Å². The quantitative estimate of drug-likeness (QED) is 0.709. The molecule has 128 valence electrons. The van der Waals surface area contributed by atoms with E-state index in [2.05, 4.69) is 15.0 Å². The van der Waals surface area contributed by atoms with Crippen LogP contribution in [-0.2, 0) is 10.0 Å². The Kier molecular flexibility index (Phi) is 4.06. The normalized spacial score (nSPS) is 16.2. The first-order valence-corrected chi connectivity index (χ1v) is 9.46. The monoisotopic (exact) mass is 355 g/mol. The first-order chi connectivity index (χ1) is 12.2. The Labute approximate surface area is 146 Å². The molecule has 7 nitrogen and oxygen atoms in total. The van der Waals surface area contributed by atoms with E-state index < -0.39 is 10.0 Å². The van der Waals surface area contributed by atoms with Crippen LogP contribution in [0.5, 0.6) is 0 Å². The van der Waals surface area contributed by atoms with Gasteiger partial charge in [0.2, 0.25) is 16.0 Å². The zero-order valence-corrected chi connectivity index (χ0v) is 14.3. The first kappa shape index (κ1) is 15.9. The van der Waals surface area contributed by atoms with Crippen molar-refractivity contribution in [1.82, 2.24) is 19.3 Å². The molecule has 3 aromatic rings. The highest BCUT2D eigenvalue weighted by Crippen LogP contribution is 2.25. The standard InChI is InChI=1S/C17H17N5O2S/c23-25(24,15-6-1-4-14-5-2-7-18-16(14)15)22-12-10-21(11-13-22)17-19-8-3-9-20-17/h1-9H,10-13H2. The maximum atomic E-state index is 13.1. The van der Waals surface area contributed by atoms with E-state index in [9.17, 15) is 8.42 Å². The predicted molar refractivity (Wildman–Crippen MR) is 94.7 cm³/mol. The molecular weight excluding hydrogens is 338 g/mol. The summed E-state index contributed by atoms with van der Waals surface area (Å²) in [5, 5.41) is 0.819. The molecule has 0 bridgehead atoms. The minimum absolute atomic E-state index is 0.259. The van der Waals surface area contributed by atoms with E-state index in [0.717, 1.165) is 5.39 Å². The number of hydrogen-bond donors (Lipinski definition) is 0. The molecule has 0 unspecified atom stereocenters. The van der Waals surface area contributed by atoms with E-state index in [1.54, 1.807) is 42.9 Å². The summed E-state index contributed by atoms with van der Waals surface area (Å²) in [7, 11) is -3.59. The van der Waals surface area contributed by atoms with Gasteiger partial charge < -0.3 is 4.90 Å². The van der Waals surface area contributed by atoms with Crippen LogP contribution < -0.4 is 4.90 Å². The van der Waals surface area contributed by atoms with Crippen LogP contribution in [-0.4, -0.2) is 53.9 Å². The largest absolute Gasteiger partial charge is 0.338 e. The Morgan fingerprint density at radius 2 is 1.48 bits per heavy atom. The van der Waals surface area contributed by atoms with Crippen molar-refractivity contribution in [3.63, 3.8) is 0 Å². The number of rotatable bonds is 3. The molecule has 25 heavy (non-hydrogen) atoms. The SMILES string of the molecule is O=S(=O)(c1cccc2cccnc12)N1CCN(c2ncccn2)CC1. The Hall–Kier alpha value is -2.58. The van der Waals surface area contributed by atoms with Crippen LogP contribution in [0.1, 0.15) is 0 Å². The average molecular weight is 355 g/mol. The summed E-state index contributed by atoms with van der Waals surface area (Å²) in [5.74, 6) is 0.631. The third-order valence-electron chi connectivity index (χ3n) is 4.29. The lowest BCUT2D eigenvalue weighted by Gasteiger charge is -2.33. The maximum absolute atomic E-state index is 13.1. The molecule has 0 N–H and O–H groups in total. The van der Waals surface area contributed by atoms with Crippen LogP contribution >= 0.6 is 0 Å². The third-order valence-corrected chi connectivity index (χ3v) is 6.22. The summed E-state index contributed by atoms with van der Waals surface area (Å²) >= 11 is 0. The number of anilines is 1. The molecule has 0 spiro atoms. The number of pyridine rings is 1. The smallest absolute Gasteiger partial charge is 0.245 e. The average Bonchev–Trinajstić information content (AvgIpc) is 2.68. The van der Waals surface area contributed by atoms with Gasteiger partial charge in [-0.15, -0.1) is 0 Å². The highest BCUT2D eigenvalue weighted by molar-refractivity contribution is 7.89. The highest BCUT2D eigenvalue weighted by atomic mass is 32.2. The van der Waals surface area contributed by atoms with Crippen LogP contribution in [0.3, 0.4) is 0 Å². The van der Waals surface area contributed by atoms with Gasteiger partial charge in [0.05, 0.1) is 5.52 Å². The second-order valence-corrected chi connectivity index (χ2v) is 7.68. The fourth-order valence-corrected chi connectivity index (χ4v) is 4.59. The number of fused-ring (bicyclic) bond motifs is 1. The van der Waals surface area contributed by atoms with Crippen LogP contribution in [0.4, 0.5) is 5.95 Å². The van der Waals surface area contributed by atoms with Crippen molar-refractivity contribution in [3.05, 3.63) is 55.0 Å². The number of piperazine rings is 1. The van der Waals surface area contributed by atoms with Gasteiger partial charge in [0.15, 0.2) is 0 Å². The van der Waals surface area contributed by atoms with Gasteiger partial charge in [-0.2, -0.15) is 4.31 Å². The number of para-hydroxylation sites is 1. The second kappa shape index (κ2) is 6.38. The van der Waals surface area contributed by atoms with E-state index in [4.69, 9.17) is 0 Å². The van der Waals surface area contributed by atoms with Gasteiger partial charge in [0, 0.05) is 50.2 Å². The molecule has 1 aliphatic heterocycles. The molecule has 1 aromatic carbocycles. The van der Waals surface area contributed by atoms with Crippen molar-refractivity contribution in [2.45, 2.75) is 4.90 Å². The predicted octanol–water partition coefficient (Wildman–Crippen LogP) is 1.54. The molecular formula is C17H17N5O2S. The van der Waals surface area contributed by atoms with Crippen LogP contribution in [0, 0.1) is 0 Å². The molecule has 1 aliphatic rings. The molecule has 0 aliphatic carbocycles. The number of sulfonamides is 1. The van der Waals surface area contributed by atoms with Crippen molar-refractivity contribution in [2.75, 3.05) is 31.1 Å². The lowest BCUT2D eigenvalue weighted by Crippen LogP contribution is -2.49. The summed E-state index contributed by atoms with van der Waals surface area (Å²) in [6, 6.07) is 10.7. The number of benzene rings is 1. The first-order valence-electron chi connectivity index (χ1n) is 8.02. The minimum atomic E-state index is -3.59. The number of aromatic nitrogens is 3.